The van der Waals surface area contributed by atoms with Gasteiger partial charge in [0.2, 0.25) is 11.8 Å². The second-order valence-electron chi connectivity index (χ2n) is 5.94. The number of amides is 2. The van der Waals surface area contributed by atoms with E-state index in [0.717, 1.165) is 5.56 Å². The number of nitrogens with two attached hydrogens (primary N) is 2. The van der Waals surface area contributed by atoms with Crippen molar-refractivity contribution in [2.45, 2.75) is 37.8 Å². The smallest absolute Gasteiger partial charge is 0.326 e. The van der Waals surface area contributed by atoms with Gasteiger partial charge < -0.3 is 32.3 Å². The zero-order valence-corrected chi connectivity index (χ0v) is 14.5. The maximum absolute atomic E-state index is 12.0. The first-order valence-electron chi connectivity index (χ1n) is 8.37. The van der Waals surface area contributed by atoms with E-state index in [4.69, 9.17) is 16.6 Å². The fraction of sp³-hybridized carbons (Fsp3) is 0.471. The van der Waals surface area contributed by atoms with E-state index < -0.39 is 29.9 Å². The summed E-state index contributed by atoms with van der Waals surface area (Å²) in [6.07, 6.45) is 1.76. The summed E-state index contributed by atoms with van der Waals surface area (Å²) in [6.45, 7) is 0.0953. The lowest BCUT2D eigenvalue weighted by Gasteiger charge is -2.16. The van der Waals surface area contributed by atoms with Crippen molar-refractivity contribution in [1.29, 1.82) is 0 Å². The van der Waals surface area contributed by atoms with Gasteiger partial charge in [-0.05, 0) is 49.9 Å². The number of rotatable bonds is 11. The Kier molecular flexibility index (Phi) is 9.10. The van der Waals surface area contributed by atoms with E-state index in [2.05, 4.69) is 10.6 Å². The van der Waals surface area contributed by atoms with E-state index in [1.807, 2.05) is 0 Å². The molecule has 0 radical (unpaired) electrons. The molecule has 2 atom stereocenters. The maximum Gasteiger partial charge on any atom is 0.326 e. The van der Waals surface area contributed by atoms with Crippen LogP contribution in [-0.4, -0.2) is 53.2 Å². The molecule has 0 spiro atoms. The highest BCUT2D eigenvalue weighted by atomic mass is 16.4. The third-order valence-corrected chi connectivity index (χ3v) is 3.73. The van der Waals surface area contributed by atoms with Gasteiger partial charge in [-0.15, -0.1) is 0 Å². The lowest BCUT2D eigenvalue weighted by molar-refractivity contribution is -0.142. The second kappa shape index (κ2) is 11.1. The molecule has 0 bridgehead atoms. The molecule has 1 rings (SSSR count). The van der Waals surface area contributed by atoms with Crippen LogP contribution in [0, 0.1) is 0 Å². The Morgan fingerprint density at radius 1 is 1.12 bits per heavy atom. The minimum Gasteiger partial charge on any atom is -0.508 e. The number of carbonyl (C=O) groups is 3. The van der Waals surface area contributed by atoms with Crippen LogP contribution < -0.4 is 22.1 Å². The number of carboxylic acids is 1. The summed E-state index contributed by atoms with van der Waals surface area (Å²) in [5.74, 6) is -2.15. The lowest BCUT2D eigenvalue weighted by Crippen LogP contribution is -2.49. The van der Waals surface area contributed by atoms with Gasteiger partial charge in [0, 0.05) is 0 Å². The molecule has 2 amide bonds. The summed E-state index contributed by atoms with van der Waals surface area (Å²) in [6, 6.07) is 4.39. The van der Waals surface area contributed by atoms with Gasteiger partial charge in [-0.2, -0.15) is 0 Å². The Morgan fingerprint density at radius 3 is 2.35 bits per heavy atom. The molecule has 8 N–H and O–H groups in total. The van der Waals surface area contributed by atoms with E-state index >= 15 is 0 Å². The van der Waals surface area contributed by atoms with Crippen LogP contribution in [0.1, 0.15) is 24.8 Å². The number of benzene rings is 1. The third-order valence-electron chi connectivity index (χ3n) is 3.73. The highest BCUT2D eigenvalue weighted by molar-refractivity contribution is 5.89. The number of phenolic OH excluding ortho intramolecular Hbond substituents is 1. The summed E-state index contributed by atoms with van der Waals surface area (Å²) in [7, 11) is 0. The minimum atomic E-state index is -1.13. The number of carboxylic acid groups (broad SMARTS) is 1. The standard InChI is InChI=1S/C17H26N4O5/c18-8-2-1-3-14(17(25)26)21-15(23)10-20-16(24)13(19)9-11-4-6-12(22)7-5-11/h4-7,13-14,22H,1-3,8-10,18-19H2,(H,20,24)(H,21,23)(H,25,26)/t13-,14-/m0/s1. The Balaban J connectivity index is 2.40. The van der Waals surface area contributed by atoms with Crippen molar-refractivity contribution in [3.05, 3.63) is 29.8 Å². The van der Waals surface area contributed by atoms with E-state index in [1.165, 1.54) is 12.1 Å². The van der Waals surface area contributed by atoms with Crippen molar-refractivity contribution < 1.29 is 24.6 Å². The molecule has 9 heteroatoms. The first kappa shape index (κ1) is 21.4. The summed E-state index contributed by atoms with van der Waals surface area (Å²) in [5, 5.41) is 23.1. The summed E-state index contributed by atoms with van der Waals surface area (Å²) in [4.78, 5) is 34.9. The highest BCUT2D eigenvalue weighted by Gasteiger charge is 2.20. The predicted octanol–water partition coefficient (Wildman–Crippen LogP) is -0.923. The van der Waals surface area contributed by atoms with Gasteiger partial charge in [0.1, 0.15) is 11.8 Å². The molecule has 0 saturated heterocycles. The topological polar surface area (TPSA) is 168 Å². The fourth-order valence-electron chi connectivity index (χ4n) is 2.27. The minimum absolute atomic E-state index is 0.114. The van der Waals surface area contributed by atoms with Gasteiger partial charge in [-0.1, -0.05) is 12.1 Å². The molecular weight excluding hydrogens is 340 g/mol. The first-order chi connectivity index (χ1) is 12.3. The van der Waals surface area contributed by atoms with Crippen molar-refractivity contribution in [3.63, 3.8) is 0 Å². The van der Waals surface area contributed by atoms with Crippen LogP contribution in [-0.2, 0) is 20.8 Å². The highest BCUT2D eigenvalue weighted by Crippen LogP contribution is 2.10. The van der Waals surface area contributed by atoms with Crippen LogP contribution in [0.4, 0.5) is 0 Å². The molecule has 26 heavy (non-hydrogen) atoms. The Morgan fingerprint density at radius 2 is 1.77 bits per heavy atom. The van der Waals surface area contributed by atoms with E-state index in [9.17, 15) is 19.5 Å². The van der Waals surface area contributed by atoms with E-state index in [0.29, 0.717) is 19.4 Å². The van der Waals surface area contributed by atoms with Crippen LogP contribution >= 0.6 is 0 Å². The largest absolute Gasteiger partial charge is 0.508 e. The molecule has 0 aliphatic rings. The summed E-state index contributed by atoms with van der Waals surface area (Å²) >= 11 is 0. The maximum atomic E-state index is 12.0. The second-order valence-corrected chi connectivity index (χ2v) is 5.94. The third kappa shape index (κ3) is 7.95. The molecule has 1 aromatic rings. The first-order valence-corrected chi connectivity index (χ1v) is 8.37. The molecule has 0 saturated carbocycles. The average molecular weight is 366 g/mol. The van der Waals surface area contributed by atoms with Gasteiger partial charge in [0.05, 0.1) is 12.6 Å². The number of hydrogen-bond acceptors (Lipinski definition) is 6. The lowest BCUT2D eigenvalue weighted by atomic mass is 10.1. The van der Waals surface area contributed by atoms with Crippen molar-refractivity contribution in [2.24, 2.45) is 11.5 Å². The van der Waals surface area contributed by atoms with E-state index in [1.54, 1.807) is 12.1 Å². The Labute approximate surface area is 151 Å². The van der Waals surface area contributed by atoms with Gasteiger partial charge in [-0.25, -0.2) is 4.79 Å². The molecule has 0 aliphatic carbocycles. The summed E-state index contributed by atoms with van der Waals surface area (Å²) < 4.78 is 0. The Bertz CT molecular complexity index is 606. The molecule has 0 aromatic heterocycles. The van der Waals surface area contributed by atoms with Crippen molar-refractivity contribution in [1.82, 2.24) is 10.6 Å². The van der Waals surface area contributed by atoms with Crippen molar-refractivity contribution in [2.75, 3.05) is 13.1 Å². The Hall–Kier alpha value is -2.65. The molecular formula is C17H26N4O5. The number of unbranched alkanes of at least 4 members (excludes halogenated alkanes) is 1. The van der Waals surface area contributed by atoms with Crippen LogP contribution in [0.15, 0.2) is 24.3 Å². The number of nitrogens with one attached hydrogen (secondary N) is 2. The number of hydrogen-bond donors (Lipinski definition) is 6. The molecule has 0 unspecified atom stereocenters. The zero-order valence-electron chi connectivity index (χ0n) is 14.5. The number of aliphatic carboxylic acids is 1. The van der Waals surface area contributed by atoms with Crippen LogP contribution in [0.5, 0.6) is 5.75 Å². The SMILES string of the molecule is NCCCC[C@H](NC(=O)CNC(=O)[C@@H](N)Cc1ccc(O)cc1)C(=O)O. The monoisotopic (exact) mass is 366 g/mol. The normalized spacial score (nSPS) is 12.8. The molecule has 144 valence electrons. The number of aromatic hydroxyl groups is 1. The van der Waals surface area contributed by atoms with Gasteiger partial charge in [0.15, 0.2) is 0 Å². The van der Waals surface area contributed by atoms with Gasteiger partial charge >= 0.3 is 5.97 Å². The fourth-order valence-corrected chi connectivity index (χ4v) is 2.27. The quantitative estimate of drug-likeness (QED) is 0.275. The summed E-state index contributed by atoms with van der Waals surface area (Å²) in [5.41, 5.74) is 11.9. The van der Waals surface area contributed by atoms with Gasteiger partial charge in [0.25, 0.3) is 0 Å². The molecule has 9 nitrogen and oxygen atoms in total. The van der Waals surface area contributed by atoms with Crippen molar-refractivity contribution >= 4 is 17.8 Å². The van der Waals surface area contributed by atoms with Gasteiger partial charge in [-0.3, -0.25) is 9.59 Å². The molecule has 0 heterocycles. The zero-order chi connectivity index (χ0) is 19.5. The average Bonchev–Trinajstić information content (AvgIpc) is 2.60. The van der Waals surface area contributed by atoms with Crippen LogP contribution in [0.3, 0.4) is 0 Å². The van der Waals surface area contributed by atoms with Crippen LogP contribution in [0.2, 0.25) is 0 Å². The predicted molar refractivity (Wildman–Crippen MR) is 95.3 cm³/mol. The van der Waals surface area contributed by atoms with Crippen molar-refractivity contribution in [3.8, 4) is 5.75 Å². The number of carbonyl (C=O) groups excluding carboxylic acids is 2. The molecule has 0 aliphatic heterocycles. The van der Waals surface area contributed by atoms with E-state index in [-0.39, 0.29) is 25.1 Å². The number of phenols is 1. The molecule has 1 aromatic carbocycles. The van der Waals surface area contributed by atoms with Crippen LogP contribution in [0.25, 0.3) is 0 Å². The molecule has 0 fully saturated rings.